The van der Waals surface area contributed by atoms with E-state index in [1.165, 1.54) is 20.8 Å². The van der Waals surface area contributed by atoms with Gasteiger partial charge in [0.05, 0.1) is 17.5 Å². The van der Waals surface area contributed by atoms with Crippen LogP contribution in [0.3, 0.4) is 0 Å². The summed E-state index contributed by atoms with van der Waals surface area (Å²) in [6.07, 6.45) is -0.672. The number of nitrogens with one attached hydrogen (secondary N) is 3. The first-order chi connectivity index (χ1) is 17.3. The van der Waals surface area contributed by atoms with Crippen LogP contribution in [-0.2, 0) is 35.3 Å². The molecule has 0 aromatic heterocycles. The number of hydrogen-bond acceptors (Lipinski definition) is 7. The second-order valence-corrected chi connectivity index (χ2v) is 9.56. The van der Waals surface area contributed by atoms with Gasteiger partial charge in [0.15, 0.2) is 5.78 Å². The van der Waals surface area contributed by atoms with E-state index >= 15 is 0 Å². The van der Waals surface area contributed by atoms with Crippen LogP contribution in [0.15, 0.2) is 30.3 Å². The van der Waals surface area contributed by atoms with E-state index < -0.39 is 52.9 Å². The molecular weight excluding hydrogens is 482 g/mol. The van der Waals surface area contributed by atoms with Crippen molar-refractivity contribution in [2.75, 3.05) is 6.54 Å². The first-order valence-electron chi connectivity index (χ1n) is 12.1. The standard InChI is InChI=1S/C26H37N3O8/c1-6-16(2)21(19(30)14-26(4,5)24(34)35)29-23(33)22(32)17(3)28-20(31)12-13-27-25(36)37-15-18-10-8-7-9-11-18/h7-11,16-17,21H,6,12-15H2,1-5H3,(H,27,36)(H,28,31)(H,29,33)(H,34,35). The Balaban J connectivity index is 2.54. The maximum Gasteiger partial charge on any atom is 0.407 e. The number of ketones is 2. The summed E-state index contributed by atoms with van der Waals surface area (Å²) < 4.78 is 5.04. The Morgan fingerprint density at radius 3 is 2.19 bits per heavy atom. The van der Waals surface area contributed by atoms with Crippen molar-refractivity contribution in [3.63, 3.8) is 0 Å². The van der Waals surface area contributed by atoms with Gasteiger partial charge >= 0.3 is 12.1 Å². The highest BCUT2D eigenvalue weighted by Crippen LogP contribution is 2.23. The summed E-state index contributed by atoms with van der Waals surface area (Å²) in [6.45, 7) is 7.69. The molecule has 0 aliphatic heterocycles. The van der Waals surface area contributed by atoms with E-state index in [4.69, 9.17) is 4.74 Å². The third-order valence-electron chi connectivity index (χ3n) is 5.87. The van der Waals surface area contributed by atoms with Gasteiger partial charge in [0.25, 0.3) is 5.91 Å². The van der Waals surface area contributed by atoms with Crippen LogP contribution >= 0.6 is 0 Å². The number of hydrogen-bond donors (Lipinski definition) is 4. The number of alkyl carbamates (subject to hydrolysis) is 1. The molecule has 0 bridgehead atoms. The number of carbonyl (C=O) groups is 6. The zero-order valence-corrected chi connectivity index (χ0v) is 22.0. The number of amides is 3. The molecular formula is C26H37N3O8. The molecule has 1 aromatic rings. The van der Waals surface area contributed by atoms with Gasteiger partial charge in [0.1, 0.15) is 6.61 Å². The van der Waals surface area contributed by atoms with Gasteiger partial charge in [0, 0.05) is 19.4 Å². The average Bonchev–Trinajstić information content (AvgIpc) is 2.84. The molecule has 0 saturated carbocycles. The molecule has 0 spiro atoms. The first kappa shape index (κ1) is 31.3. The number of rotatable bonds is 15. The third kappa shape index (κ3) is 10.8. The predicted molar refractivity (Wildman–Crippen MR) is 134 cm³/mol. The van der Waals surface area contributed by atoms with E-state index in [9.17, 15) is 33.9 Å². The Labute approximate surface area is 216 Å². The van der Waals surface area contributed by atoms with Crippen LogP contribution in [0, 0.1) is 11.3 Å². The van der Waals surface area contributed by atoms with Crippen molar-refractivity contribution >= 4 is 35.4 Å². The minimum Gasteiger partial charge on any atom is -0.481 e. The van der Waals surface area contributed by atoms with Gasteiger partial charge < -0.3 is 25.8 Å². The van der Waals surface area contributed by atoms with Gasteiger partial charge in [-0.1, -0.05) is 50.6 Å². The molecule has 0 heterocycles. The SMILES string of the molecule is CCC(C)C(NC(=O)C(=O)C(C)NC(=O)CCNC(=O)OCc1ccccc1)C(=O)CC(C)(C)C(=O)O. The molecule has 3 atom stereocenters. The second kappa shape index (κ2) is 14.7. The van der Waals surface area contributed by atoms with Crippen LogP contribution in [0.1, 0.15) is 59.4 Å². The molecule has 0 saturated heterocycles. The number of aliphatic carboxylic acids is 1. The molecule has 3 unspecified atom stereocenters. The summed E-state index contributed by atoms with van der Waals surface area (Å²) in [5.41, 5.74) is -0.523. The second-order valence-electron chi connectivity index (χ2n) is 9.56. The normalized spacial score (nSPS) is 13.4. The molecule has 1 aromatic carbocycles. The van der Waals surface area contributed by atoms with Crippen molar-refractivity contribution in [1.29, 1.82) is 0 Å². The lowest BCUT2D eigenvalue weighted by Crippen LogP contribution is -2.52. The molecule has 0 aliphatic carbocycles. The average molecular weight is 520 g/mol. The van der Waals surface area contributed by atoms with Gasteiger partial charge in [-0.05, 0) is 32.3 Å². The Kier molecular flexibility index (Phi) is 12.4. The molecule has 204 valence electrons. The summed E-state index contributed by atoms with van der Waals surface area (Å²) in [6, 6.07) is 6.83. The van der Waals surface area contributed by atoms with Gasteiger partial charge in [-0.25, -0.2) is 4.79 Å². The van der Waals surface area contributed by atoms with Crippen LogP contribution < -0.4 is 16.0 Å². The Morgan fingerprint density at radius 1 is 1.00 bits per heavy atom. The van der Waals surface area contributed by atoms with Crippen LogP contribution in [0.5, 0.6) is 0 Å². The van der Waals surface area contributed by atoms with Gasteiger partial charge in [-0.3, -0.25) is 24.0 Å². The predicted octanol–water partition coefficient (Wildman–Crippen LogP) is 1.98. The highest BCUT2D eigenvalue weighted by Gasteiger charge is 2.36. The molecule has 11 heteroatoms. The summed E-state index contributed by atoms with van der Waals surface area (Å²) in [5.74, 6) is -4.57. The number of Topliss-reactive ketones (excluding diaryl/α,β-unsaturated/α-hetero) is 2. The largest absolute Gasteiger partial charge is 0.481 e. The fraction of sp³-hybridized carbons (Fsp3) is 0.538. The highest BCUT2D eigenvalue weighted by atomic mass is 16.5. The van der Waals surface area contributed by atoms with Crippen molar-refractivity contribution in [1.82, 2.24) is 16.0 Å². The first-order valence-corrected chi connectivity index (χ1v) is 12.1. The van der Waals surface area contributed by atoms with E-state index in [1.807, 2.05) is 18.2 Å². The van der Waals surface area contributed by atoms with E-state index in [2.05, 4.69) is 16.0 Å². The van der Waals surface area contributed by atoms with E-state index in [0.717, 1.165) is 5.56 Å². The molecule has 0 radical (unpaired) electrons. The molecule has 11 nitrogen and oxygen atoms in total. The molecule has 0 fully saturated rings. The lowest BCUT2D eigenvalue weighted by molar-refractivity contribution is -0.150. The number of carboxylic acid groups (broad SMARTS) is 1. The van der Waals surface area contributed by atoms with Crippen molar-refractivity contribution in [2.24, 2.45) is 11.3 Å². The summed E-state index contributed by atoms with van der Waals surface area (Å²) in [5, 5.41) is 16.5. The van der Waals surface area contributed by atoms with Crippen molar-refractivity contribution in [2.45, 2.75) is 72.6 Å². The molecule has 37 heavy (non-hydrogen) atoms. The zero-order chi connectivity index (χ0) is 28.2. The fourth-order valence-corrected chi connectivity index (χ4v) is 3.24. The monoisotopic (exact) mass is 519 g/mol. The number of carboxylic acids is 1. The summed E-state index contributed by atoms with van der Waals surface area (Å²) >= 11 is 0. The topological polar surface area (TPSA) is 168 Å². The minimum absolute atomic E-state index is 0.0451. The maximum atomic E-state index is 12.8. The van der Waals surface area contributed by atoms with Gasteiger partial charge in [-0.2, -0.15) is 0 Å². The van der Waals surface area contributed by atoms with Crippen molar-refractivity contribution in [3.05, 3.63) is 35.9 Å². The zero-order valence-electron chi connectivity index (χ0n) is 22.0. The third-order valence-corrected chi connectivity index (χ3v) is 5.87. The van der Waals surface area contributed by atoms with Crippen LogP contribution in [0.25, 0.3) is 0 Å². The summed E-state index contributed by atoms with van der Waals surface area (Å²) in [4.78, 5) is 73.1. The molecule has 4 N–H and O–H groups in total. The van der Waals surface area contributed by atoms with Crippen LogP contribution in [-0.4, -0.2) is 59.2 Å². The van der Waals surface area contributed by atoms with Crippen LogP contribution in [0.4, 0.5) is 4.79 Å². The quantitative estimate of drug-likeness (QED) is 0.255. The molecule has 0 aliphatic rings. The fourth-order valence-electron chi connectivity index (χ4n) is 3.24. The minimum atomic E-state index is -1.33. The smallest absolute Gasteiger partial charge is 0.407 e. The maximum absolute atomic E-state index is 12.8. The molecule has 3 amide bonds. The Morgan fingerprint density at radius 2 is 1.62 bits per heavy atom. The number of ether oxygens (including phenoxy) is 1. The lowest BCUT2D eigenvalue weighted by Gasteiger charge is -2.27. The highest BCUT2D eigenvalue weighted by molar-refractivity contribution is 6.38. The van der Waals surface area contributed by atoms with E-state index in [1.54, 1.807) is 26.0 Å². The Bertz CT molecular complexity index is 977. The lowest BCUT2D eigenvalue weighted by atomic mass is 9.82. The van der Waals surface area contributed by atoms with Gasteiger partial charge in [-0.15, -0.1) is 0 Å². The van der Waals surface area contributed by atoms with E-state index in [0.29, 0.717) is 6.42 Å². The number of carbonyl (C=O) groups excluding carboxylic acids is 5. The van der Waals surface area contributed by atoms with E-state index in [-0.39, 0.29) is 31.9 Å². The molecule has 1 rings (SSSR count). The Hall–Kier alpha value is -3.76. The van der Waals surface area contributed by atoms with Crippen LogP contribution in [0.2, 0.25) is 0 Å². The van der Waals surface area contributed by atoms with Crippen molar-refractivity contribution < 1.29 is 38.6 Å². The number of benzene rings is 1. The van der Waals surface area contributed by atoms with Gasteiger partial charge in [0.2, 0.25) is 11.7 Å². The summed E-state index contributed by atoms with van der Waals surface area (Å²) in [7, 11) is 0. The van der Waals surface area contributed by atoms with Crippen molar-refractivity contribution in [3.8, 4) is 0 Å².